The lowest BCUT2D eigenvalue weighted by Gasteiger charge is -2.24. The molecule has 0 aliphatic carbocycles. The lowest BCUT2D eigenvalue weighted by Crippen LogP contribution is -2.44. The number of likely N-dealkylation sites (N-methyl/N-ethyl adjacent to an activating group) is 1. The highest BCUT2D eigenvalue weighted by Crippen LogP contribution is 2.08. The maximum atomic E-state index is 11.1. The Bertz CT molecular complexity index is 190. The van der Waals surface area contributed by atoms with Gasteiger partial charge >= 0.3 is 0 Å². The second-order valence-electron chi connectivity index (χ2n) is 4.21. The molecular weight excluding hydrogens is 190 g/mol. The van der Waals surface area contributed by atoms with Gasteiger partial charge in [-0.05, 0) is 13.8 Å². The zero-order valence-corrected chi connectivity index (χ0v) is 9.23. The molecule has 1 fully saturated rings. The van der Waals surface area contributed by atoms with E-state index in [4.69, 9.17) is 5.73 Å². The van der Waals surface area contributed by atoms with Crippen LogP contribution in [-0.4, -0.2) is 48.1 Å². The van der Waals surface area contributed by atoms with Gasteiger partial charge in [0.25, 0.3) is 0 Å². The molecule has 0 aromatic carbocycles. The minimum atomic E-state index is -0.217. The molecule has 0 spiro atoms. The average molecular weight is 208 g/mol. The number of halogens is 1. The van der Waals surface area contributed by atoms with Gasteiger partial charge in [-0.1, -0.05) is 0 Å². The minimum absolute atomic E-state index is 0. The highest BCUT2D eigenvalue weighted by molar-refractivity contribution is 5.85. The third-order valence-electron chi connectivity index (χ3n) is 1.83. The van der Waals surface area contributed by atoms with E-state index in [0.29, 0.717) is 13.2 Å². The summed E-state index contributed by atoms with van der Waals surface area (Å²) in [6, 6.07) is 0. The zero-order chi connectivity index (χ0) is 9.35. The highest BCUT2D eigenvalue weighted by atomic mass is 35.5. The van der Waals surface area contributed by atoms with Crippen molar-refractivity contribution < 1.29 is 4.79 Å². The Morgan fingerprint density at radius 2 is 2.08 bits per heavy atom. The van der Waals surface area contributed by atoms with E-state index >= 15 is 0 Å². The van der Waals surface area contributed by atoms with Gasteiger partial charge in [0.2, 0.25) is 5.91 Å². The average Bonchev–Trinajstić information content (AvgIpc) is 2.07. The molecule has 4 nitrogen and oxygen atoms in total. The van der Waals surface area contributed by atoms with Crippen molar-refractivity contribution in [2.75, 3.05) is 26.8 Å². The van der Waals surface area contributed by atoms with E-state index in [-0.39, 0.29) is 23.9 Å². The fourth-order valence-electron chi connectivity index (χ4n) is 1.42. The lowest BCUT2D eigenvalue weighted by molar-refractivity contribution is -0.125. The summed E-state index contributed by atoms with van der Waals surface area (Å²) < 4.78 is 0. The molecule has 0 atom stereocenters. The molecule has 0 aromatic heterocycles. The summed E-state index contributed by atoms with van der Waals surface area (Å²) in [6.45, 7) is 5.92. The van der Waals surface area contributed by atoms with Crippen LogP contribution in [0.4, 0.5) is 0 Å². The van der Waals surface area contributed by atoms with Crippen molar-refractivity contribution in [3.8, 4) is 0 Å². The molecule has 0 unspecified atom stereocenters. The first-order valence-corrected chi connectivity index (χ1v) is 4.14. The van der Waals surface area contributed by atoms with Crippen molar-refractivity contribution in [2.45, 2.75) is 19.4 Å². The Balaban J connectivity index is 0.00000144. The van der Waals surface area contributed by atoms with Crippen LogP contribution in [0.1, 0.15) is 13.8 Å². The molecule has 1 aliphatic rings. The second-order valence-corrected chi connectivity index (χ2v) is 4.21. The Hall–Kier alpha value is -0.320. The number of carbonyl (C=O) groups excluding carboxylic acids is 1. The van der Waals surface area contributed by atoms with Crippen LogP contribution in [0.5, 0.6) is 0 Å². The molecule has 1 aliphatic heterocycles. The molecule has 13 heavy (non-hydrogen) atoms. The van der Waals surface area contributed by atoms with Gasteiger partial charge in [-0.25, -0.2) is 0 Å². The first-order valence-electron chi connectivity index (χ1n) is 4.14. The fourth-order valence-corrected chi connectivity index (χ4v) is 1.42. The quantitative estimate of drug-likeness (QED) is 0.687. The first-order chi connectivity index (χ1) is 5.38. The number of hydrogen-bond acceptors (Lipinski definition) is 3. The van der Waals surface area contributed by atoms with Gasteiger partial charge in [0.15, 0.2) is 0 Å². The van der Waals surface area contributed by atoms with E-state index in [0.717, 1.165) is 6.54 Å². The molecule has 2 N–H and O–H groups in total. The summed E-state index contributed by atoms with van der Waals surface area (Å²) in [4.78, 5) is 14.9. The topological polar surface area (TPSA) is 49.6 Å². The fraction of sp³-hybridized carbons (Fsp3) is 0.875. The van der Waals surface area contributed by atoms with Crippen LogP contribution in [0.3, 0.4) is 0 Å². The summed E-state index contributed by atoms with van der Waals surface area (Å²) >= 11 is 0. The maximum Gasteiger partial charge on any atom is 0.237 e. The largest absolute Gasteiger partial charge is 0.332 e. The summed E-state index contributed by atoms with van der Waals surface area (Å²) in [6.07, 6.45) is 0. The molecule has 1 saturated heterocycles. The van der Waals surface area contributed by atoms with Crippen molar-refractivity contribution >= 4 is 18.3 Å². The molecule has 0 aromatic rings. The molecule has 1 rings (SSSR count). The summed E-state index contributed by atoms with van der Waals surface area (Å²) in [5.74, 6) is 0.180. The summed E-state index contributed by atoms with van der Waals surface area (Å²) in [7, 11) is 1.81. The molecule has 5 heteroatoms. The number of rotatable bonds is 2. The Kier molecular flexibility index (Phi) is 4.16. The van der Waals surface area contributed by atoms with Crippen LogP contribution in [0, 0.1) is 0 Å². The van der Waals surface area contributed by atoms with E-state index < -0.39 is 0 Å². The highest BCUT2D eigenvalue weighted by Gasteiger charge is 2.27. The van der Waals surface area contributed by atoms with E-state index in [9.17, 15) is 4.79 Å². The van der Waals surface area contributed by atoms with Crippen LogP contribution < -0.4 is 5.73 Å². The molecule has 1 amide bonds. The normalized spacial score (nSPS) is 19.1. The van der Waals surface area contributed by atoms with Gasteiger partial charge in [-0.3, -0.25) is 9.69 Å². The second kappa shape index (κ2) is 4.26. The molecule has 0 bridgehead atoms. The number of hydrogen-bond donors (Lipinski definition) is 1. The predicted molar refractivity (Wildman–Crippen MR) is 54.7 cm³/mol. The molecule has 78 valence electrons. The van der Waals surface area contributed by atoms with Crippen molar-refractivity contribution in [3.63, 3.8) is 0 Å². The van der Waals surface area contributed by atoms with Crippen LogP contribution in [-0.2, 0) is 4.79 Å². The van der Waals surface area contributed by atoms with E-state index in [1.165, 1.54) is 0 Å². The van der Waals surface area contributed by atoms with E-state index in [1.54, 1.807) is 4.90 Å². The molecule has 0 saturated carbocycles. The third-order valence-corrected chi connectivity index (χ3v) is 1.83. The Morgan fingerprint density at radius 3 is 2.38 bits per heavy atom. The van der Waals surface area contributed by atoms with Gasteiger partial charge in [0.05, 0.1) is 13.2 Å². The lowest BCUT2D eigenvalue weighted by atomic mass is 10.1. The smallest absolute Gasteiger partial charge is 0.237 e. The number of carbonyl (C=O) groups is 1. The van der Waals surface area contributed by atoms with E-state index in [2.05, 4.69) is 4.90 Å². The van der Waals surface area contributed by atoms with Gasteiger partial charge in [0, 0.05) is 19.1 Å². The number of nitrogens with zero attached hydrogens (tertiary/aromatic N) is 2. The monoisotopic (exact) mass is 207 g/mol. The molecule has 0 radical (unpaired) electrons. The van der Waals surface area contributed by atoms with Gasteiger partial charge in [-0.2, -0.15) is 0 Å². The number of nitrogens with two attached hydrogens (primary N) is 1. The zero-order valence-electron chi connectivity index (χ0n) is 8.41. The van der Waals surface area contributed by atoms with Crippen LogP contribution >= 0.6 is 12.4 Å². The van der Waals surface area contributed by atoms with E-state index in [1.807, 2.05) is 20.9 Å². The van der Waals surface area contributed by atoms with Gasteiger partial charge in [0.1, 0.15) is 0 Å². The summed E-state index contributed by atoms with van der Waals surface area (Å²) in [5, 5.41) is 0. The Morgan fingerprint density at radius 1 is 1.54 bits per heavy atom. The minimum Gasteiger partial charge on any atom is -0.332 e. The van der Waals surface area contributed by atoms with Crippen LogP contribution in [0.15, 0.2) is 0 Å². The number of amides is 1. The third kappa shape index (κ3) is 3.93. The first kappa shape index (κ1) is 12.7. The van der Waals surface area contributed by atoms with Crippen molar-refractivity contribution in [3.05, 3.63) is 0 Å². The summed E-state index contributed by atoms with van der Waals surface area (Å²) in [5.41, 5.74) is 5.62. The van der Waals surface area contributed by atoms with Gasteiger partial charge < -0.3 is 10.6 Å². The van der Waals surface area contributed by atoms with Crippen molar-refractivity contribution in [2.24, 2.45) is 5.73 Å². The maximum absolute atomic E-state index is 11.1. The SMILES string of the molecule is CN1CN(CC(C)(C)N)CC1=O.Cl. The predicted octanol–water partition coefficient (Wildman–Crippen LogP) is -0.123. The standard InChI is InChI=1S/C8H17N3O.ClH/c1-8(2,9)5-11-4-7(12)10(3)6-11;/h4-6,9H2,1-3H3;1H. The molecule has 1 heterocycles. The van der Waals surface area contributed by atoms with Crippen LogP contribution in [0.25, 0.3) is 0 Å². The van der Waals surface area contributed by atoms with Crippen molar-refractivity contribution in [1.82, 2.24) is 9.80 Å². The molecular formula is C8H18ClN3O. The van der Waals surface area contributed by atoms with Gasteiger partial charge in [-0.15, -0.1) is 12.4 Å². The van der Waals surface area contributed by atoms with Crippen molar-refractivity contribution in [1.29, 1.82) is 0 Å². The van der Waals surface area contributed by atoms with Crippen LogP contribution in [0.2, 0.25) is 0 Å². The Labute approximate surface area is 85.5 Å².